The second kappa shape index (κ2) is 13.3. The van der Waals surface area contributed by atoms with E-state index in [1.807, 2.05) is 5.32 Å². The molecule has 0 aromatic heterocycles. The summed E-state index contributed by atoms with van der Waals surface area (Å²) in [5, 5.41) is 13.5. The van der Waals surface area contributed by atoms with Gasteiger partial charge in [-0.3, -0.25) is 14.4 Å². The van der Waals surface area contributed by atoms with Crippen LogP contribution < -0.4 is 20.4 Å². The first-order valence-corrected chi connectivity index (χ1v) is 12.9. The van der Waals surface area contributed by atoms with E-state index < -0.39 is 67.3 Å². The van der Waals surface area contributed by atoms with E-state index in [4.69, 9.17) is 4.74 Å². The standard InChI is InChI=1S/C27H28F8N4O5/c1-24(43,22(41)36-15-25(28,29)27(33,34)35)23(42)37-18-13-38(16-26(30,31)32)19-9-5-6-10-20(19)39(21(18)40)11-12-44-14-17-7-3-2-4-8-17/h2-10,18,43H,11-16H2,1H3,(H,36,41)(H,37,42). The first kappa shape index (κ1) is 34.5. The van der Waals surface area contributed by atoms with Gasteiger partial charge in [-0.15, -0.1) is 0 Å². The molecule has 0 bridgehead atoms. The highest BCUT2D eigenvalue weighted by molar-refractivity contribution is 6.10. The van der Waals surface area contributed by atoms with E-state index in [-0.39, 0.29) is 31.1 Å². The first-order valence-electron chi connectivity index (χ1n) is 12.9. The van der Waals surface area contributed by atoms with Crippen molar-refractivity contribution >= 4 is 29.1 Å². The highest BCUT2D eigenvalue weighted by atomic mass is 19.4. The fourth-order valence-corrected chi connectivity index (χ4v) is 4.15. The largest absolute Gasteiger partial charge is 0.455 e. The molecule has 2 aromatic rings. The van der Waals surface area contributed by atoms with Gasteiger partial charge in [0.1, 0.15) is 12.6 Å². The van der Waals surface area contributed by atoms with Crippen LogP contribution in [0.4, 0.5) is 46.5 Å². The third-order valence-electron chi connectivity index (χ3n) is 6.50. The number of nitrogens with zero attached hydrogens (tertiary/aromatic N) is 2. The zero-order chi connectivity index (χ0) is 32.9. The molecule has 2 unspecified atom stereocenters. The van der Waals surface area contributed by atoms with Gasteiger partial charge in [0.25, 0.3) is 17.7 Å². The molecule has 0 saturated carbocycles. The SMILES string of the molecule is CC(O)(C(=O)NCC(F)(F)C(F)(F)F)C(=O)NC1CN(CC(F)(F)F)c2ccccc2N(CCOCc2ccccc2)C1=O. The Morgan fingerprint density at radius 3 is 2.11 bits per heavy atom. The lowest BCUT2D eigenvalue weighted by Crippen LogP contribution is -2.62. The second-order valence-electron chi connectivity index (χ2n) is 10.00. The molecule has 3 amide bonds. The predicted molar refractivity (Wildman–Crippen MR) is 140 cm³/mol. The maximum atomic E-state index is 13.6. The fourth-order valence-electron chi connectivity index (χ4n) is 4.15. The number of aliphatic hydroxyl groups is 1. The molecule has 0 fully saturated rings. The summed E-state index contributed by atoms with van der Waals surface area (Å²) in [4.78, 5) is 40.5. The first-order chi connectivity index (χ1) is 20.3. The van der Waals surface area contributed by atoms with Crippen molar-refractivity contribution in [3.8, 4) is 0 Å². The molecule has 1 aliphatic heterocycles. The predicted octanol–water partition coefficient (Wildman–Crippen LogP) is 3.17. The minimum absolute atomic E-state index is 0.0284. The molecule has 2 aromatic carbocycles. The number of hydrogen-bond acceptors (Lipinski definition) is 6. The van der Waals surface area contributed by atoms with E-state index >= 15 is 0 Å². The Balaban J connectivity index is 1.84. The molecule has 17 heteroatoms. The molecule has 242 valence electrons. The number of para-hydroxylation sites is 2. The number of rotatable bonds is 11. The molecule has 0 saturated heterocycles. The van der Waals surface area contributed by atoms with E-state index in [1.165, 1.54) is 24.3 Å². The highest BCUT2D eigenvalue weighted by Crippen LogP contribution is 2.36. The van der Waals surface area contributed by atoms with Gasteiger partial charge < -0.3 is 30.3 Å². The summed E-state index contributed by atoms with van der Waals surface area (Å²) in [6.07, 6.45) is -10.8. The fraction of sp³-hybridized carbons (Fsp3) is 0.444. The number of carbonyl (C=O) groups excluding carboxylic acids is 3. The number of halogens is 8. The van der Waals surface area contributed by atoms with Crippen molar-refractivity contribution in [1.82, 2.24) is 10.6 Å². The van der Waals surface area contributed by atoms with Crippen molar-refractivity contribution in [2.24, 2.45) is 0 Å². The second-order valence-corrected chi connectivity index (χ2v) is 10.00. The number of carbonyl (C=O) groups is 3. The topological polar surface area (TPSA) is 111 Å². The average Bonchev–Trinajstić information content (AvgIpc) is 3.03. The summed E-state index contributed by atoms with van der Waals surface area (Å²) in [6.45, 7) is -4.43. The highest BCUT2D eigenvalue weighted by Gasteiger charge is 2.58. The third kappa shape index (κ3) is 8.56. The van der Waals surface area contributed by atoms with Crippen LogP contribution in [-0.4, -0.2) is 85.5 Å². The van der Waals surface area contributed by atoms with Crippen LogP contribution in [0.15, 0.2) is 54.6 Å². The van der Waals surface area contributed by atoms with Crippen molar-refractivity contribution in [1.29, 1.82) is 0 Å². The van der Waals surface area contributed by atoms with Gasteiger partial charge in [-0.1, -0.05) is 42.5 Å². The van der Waals surface area contributed by atoms with Crippen LogP contribution in [0, 0.1) is 0 Å². The van der Waals surface area contributed by atoms with Crippen LogP contribution in [0.25, 0.3) is 0 Å². The van der Waals surface area contributed by atoms with Crippen LogP contribution in [-0.2, 0) is 25.7 Å². The van der Waals surface area contributed by atoms with Crippen LogP contribution in [0.1, 0.15) is 12.5 Å². The van der Waals surface area contributed by atoms with Crippen molar-refractivity contribution in [2.75, 3.05) is 42.6 Å². The number of hydrogen-bond donors (Lipinski definition) is 3. The van der Waals surface area contributed by atoms with Crippen molar-refractivity contribution in [3.05, 3.63) is 60.2 Å². The molecule has 0 spiro atoms. The quantitative estimate of drug-likeness (QED) is 0.198. The normalized spacial score (nSPS) is 17.4. The van der Waals surface area contributed by atoms with Crippen LogP contribution in [0.2, 0.25) is 0 Å². The molecule has 44 heavy (non-hydrogen) atoms. The molecule has 0 radical (unpaired) electrons. The average molecular weight is 641 g/mol. The molecule has 1 aliphatic rings. The Morgan fingerprint density at radius 1 is 0.932 bits per heavy atom. The molecular formula is C27H28F8N4O5. The summed E-state index contributed by atoms with van der Waals surface area (Å²) < 4.78 is 110. The Kier molecular flexibility index (Phi) is 10.5. The Labute approximate surface area is 245 Å². The molecule has 9 nitrogen and oxygen atoms in total. The van der Waals surface area contributed by atoms with E-state index in [0.717, 1.165) is 20.7 Å². The van der Waals surface area contributed by atoms with Crippen molar-refractivity contribution in [3.63, 3.8) is 0 Å². The van der Waals surface area contributed by atoms with E-state index in [9.17, 15) is 54.6 Å². The third-order valence-corrected chi connectivity index (χ3v) is 6.50. The lowest BCUT2D eigenvalue weighted by atomic mass is 10.0. The lowest BCUT2D eigenvalue weighted by Gasteiger charge is -2.29. The molecule has 0 aliphatic carbocycles. The van der Waals surface area contributed by atoms with Gasteiger partial charge >= 0.3 is 18.3 Å². The number of benzene rings is 2. The minimum Gasteiger partial charge on any atom is -0.375 e. The maximum absolute atomic E-state index is 13.6. The number of fused-ring (bicyclic) bond motifs is 1. The lowest BCUT2D eigenvalue weighted by molar-refractivity contribution is -0.278. The summed E-state index contributed by atoms with van der Waals surface area (Å²) in [5.41, 5.74) is -2.53. The molecule has 3 rings (SSSR count). The summed E-state index contributed by atoms with van der Waals surface area (Å²) in [6, 6.07) is 12.6. The van der Waals surface area contributed by atoms with Crippen LogP contribution in [0.3, 0.4) is 0 Å². The van der Waals surface area contributed by atoms with Gasteiger partial charge in [0.15, 0.2) is 0 Å². The van der Waals surface area contributed by atoms with Crippen LogP contribution in [0.5, 0.6) is 0 Å². The molecule has 2 atom stereocenters. The Hall–Kier alpha value is -3.99. The molecule has 3 N–H and O–H groups in total. The summed E-state index contributed by atoms with van der Waals surface area (Å²) >= 11 is 0. The number of anilines is 2. The Bertz CT molecular complexity index is 1320. The number of alkyl halides is 8. The minimum atomic E-state index is -6.05. The summed E-state index contributed by atoms with van der Waals surface area (Å²) in [7, 11) is 0. The van der Waals surface area contributed by atoms with E-state index in [2.05, 4.69) is 0 Å². The number of amides is 3. The summed E-state index contributed by atoms with van der Waals surface area (Å²) in [5.74, 6) is -10.1. The molecular weight excluding hydrogens is 612 g/mol. The van der Waals surface area contributed by atoms with Gasteiger partial charge in [0.05, 0.1) is 31.1 Å². The zero-order valence-electron chi connectivity index (χ0n) is 23.0. The smallest absolute Gasteiger partial charge is 0.375 e. The number of ether oxygens (including phenoxy) is 1. The van der Waals surface area contributed by atoms with E-state index in [1.54, 1.807) is 30.3 Å². The Morgan fingerprint density at radius 2 is 1.52 bits per heavy atom. The van der Waals surface area contributed by atoms with Gasteiger partial charge in [-0.2, -0.15) is 35.1 Å². The zero-order valence-corrected chi connectivity index (χ0v) is 23.0. The van der Waals surface area contributed by atoms with Gasteiger partial charge in [-0.05, 0) is 24.6 Å². The molecule has 1 heterocycles. The van der Waals surface area contributed by atoms with Crippen LogP contribution >= 0.6 is 0 Å². The van der Waals surface area contributed by atoms with Gasteiger partial charge in [0.2, 0.25) is 5.60 Å². The number of nitrogens with one attached hydrogen (secondary N) is 2. The monoisotopic (exact) mass is 640 g/mol. The van der Waals surface area contributed by atoms with Crippen molar-refractivity contribution in [2.45, 2.75) is 43.4 Å². The van der Waals surface area contributed by atoms with Crippen molar-refractivity contribution < 1.29 is 59.4 Å². The van der Waals surface area contributed by atoms with Gasteiger partial charge in [-0.25, -0.2) is 0 Å². The van der Waals surface area contributed by atoms with Gasteiger partial charge in [0, 0.05) is 13.1 Å². The van der Waals surface area contributed by atoms with E-state index in [0.29, 0.717) is 6.92 Å². The maximum Gasteiger partial charge on any atom is 0.455 e.